The zero-order chi connectivity index (χ0) is 18.8. The Kier molecular flexibility index (Phi) is 24.7. The summed E-state index contributed by atoms with van der Waals surface area (Å²) in [6.45, 7) is 9.25. The van der Waals surface area contributed by atoms with E-state index in [2.05, 4.69) is 6.58 Å². The second-order valence-corrected chi connectivity index (χ2v) is 6.24. The lowest BCUT2D eigenvalue weighted by Crippen LogP contribution is -2.42. The minimum Gasteiger partial charge on any atom is -0.401 e. The fourth-order valence-corrected chi connectivity index (χ4v) is 2.07. The van der Waals surface area contributed by atoms with E-state index >= 15 is 0 Å². The van der Waals surface area contributed by atoms with Gasteiger partial charge in [-0.1, -0.05) is 21.4 Å². The Balaban J connectivity index is -0.00000288. The first-order valence-corrected chi connectivity index (χ1v) is 8.94. The van der Waals surface area contributed by atoms with Crippen molar-refractivity contribution in [3.63, 3.8) is 0 Å². The predicted molar refractivity (Wildman–Crippen MR) is 114 cm³/mol. The molecular weight excluding hydrogens is 348 g/mol. The molecular formula is C19H46N4O4. The number of ether oxygens (including phenoxy) is 4. The summed E-state index contributed by atoms with van der Waals surface area (Å²) >= 11 is 0. The van der Waals surface area contributed by atoms with E-state index in [9.17, 15) is 0 Å². The highest BCUT2D eigenvalue weighted by Gasteiger charge is 2.32. The molecule has 0 saturated carbocycles. The number of rotatable bonds is 19. The number of nitrogens with two attached hydrogens (primary N) is 4. The molecule has 0 rings (SSSR count). The van der Waals surface area contributed by atoms with Gasteiger partial charge in [0, 0.05) is 25.5 Å². The van der Waals surface area contributed by atoms with Gasteiger partial charge in [-0.15, -0.1) is 0 Å². The molecule has 8 N–H and O–H groups in total. The monoisotopic (exact) mass is 394 g/mol. The molecule has 27 heavy (non-hydrogen) atoms. The molecule has 166 valence electrons. The minimum absolute atomic E-state index is 0. The summed E-state index contributed by atoms with van der Waals surface area (Å²) in [7, 11) is 0. The van der Waals surface area contributed by atoms with Crippen molar-refractivity contribution in [2.45, 2.75) is 34.1 Å². The van der Waals surface area contributed by atoms with Crippen LogP contribution < -0.4 is 22.9 Å². The van der Waals surface area contributed by atoms with Crippen molar-refractivity contribution >= 4 is 0 Å². The SMILES string of the molecule is C.C.C=C(N)COCC(COCCCN)(COCCCN)COCCCN. The highest BCUT2D eigenvalue weighted by Crippen LogP contribution is 2.21. The van der Waals surface area contributed by atoms with Crippen LogP contribution in [0.2, 0.25) is 0 Å². The van der Waals surface area contributed by atoms with E-state index < -0.39 is 5.41 Å². The summed E-state index contributed by atoms with van der Waals surface area (Å²) in [5.41, 5.74) is 22.2. The lowest BCUT2D eigenvalue weighted by Gasteiger charge is -2.33. The zero-order valence-corrected chi connectivity index (χ0v) is 15.5. The first-order valence-electron chi connectivity index (χ1n) is 8.94. The van der Waals surface area contributed by atoms with Crippen LogP contribution in [0.4, 0.5) is 0 Å². The molecule has 8 nitrogen and oxygen atoms in total. The van der Waals surface area contributed by atoms with Crippen molar-refractivity contribution in [1.82, 2.24) is 0 Å². The van der Waals surface area contributed by atoms with E-state index in [1.165, 1.54) is 0 Å². The van der Waals surface area contributed by atoms with Crippen LogP contribution in [0, 0.1) is 5.41 Å². The third-order valence-corrected chi connectivity index (χ3v) is 3.40. The van der Waals surface area contributed by atoms with Crippen molar-refractivity contribution in [3.8, 4) is 0 Å². The van der Waals surface area contributed by atoms with Gasteiger partial charge in [-0.05, 0) is 38.9 Å². The second kappa shape index (κ2) is 21.6. The molecule has 0 aromatic heterocycles. The average Bonchev–Trinajstić information content (AvgIpc) is 2.59. The van der Waals surface area contributed by atoms with Gasteiger partial charge in [0.05, 0.1) is 38.4 Å². The Morgan fingerprint density at radius 3 is 1.30 bits per heavy atom. The average molecular weight is 395 g/mol. The minimum atomic E-state index is -0.423. The molecule has 0 saturated heterocycles. The van der Waals surface area contributed by atoms with Crippen LogP contribution in [0.5, 0.6) is 0 Å². The van der Waals surface area contributed by atoms with Crippen LogP contribution in [0.3, 0.4) is 0 Å². The second-order valence-electron chi connectivity index (χ2n) is 6.24. The molecule has 0 spiro atoms. The maximum atomic E-state index is 5.79. The molecule has 0 fully saturated rings. The Hall–Kier alpha value is -0.740. The third kappa shape index (κ3) is 18.4. The summed E-state index contributed by atoms with van der Waals surface area (Å²) in [5.74, 6) is 0. The first-order chi connectivity index (χ1) is 12.1. The lowest BCUT2D eigenvalue weighted by atomic mass is 9.92. The van der Waals surface area contributed by atoms with Crippen LogP contribution in [-0.2, 0) is 18.9 Å². The molecule has 8 heteroatoms. The van der Waals surface area contributed by atoms with Crippen molar-refractivity contribution in [2.75, 3.05) is 72.5 Å². The van der Waals surface area contributed by atoms with Crippen LogP contribution in [0.15, 0.2) is 12.3 Å². The maximum Gasteiger partial charge on any atom is 0.0854 e. The van der Waals surface area contributed by atoms with Crippen LogP contribution >= 0.6 is 0 Å². The van der Waals surface area contributed by atoms with E-state index in [0.29, 0.717) is 71.6 Å². The summed E-state index contributed by atoms with van der Waals surface area (Å²) in [6, 6.07) is 0. The standard InChI is InChI=1S/C17H38N4O4.2CH4/c1-16(21)11-25-15-17(12-22-8-2-5-18,13-23-9-3-6-19)14-24-10-4-7-20;;/h1-15,18-21H2;2*1H4. The van der Waals surface area contributed by atoms with Crippen molar-refractivity contribution in [2.24, 2.45) is 28.3 Å². The molecule has 0 aliphatic carbocycles. The van der Waals surface area contributed by atoms with E-state index in [1.807, 2.05) is 0 Å². The molecule has 0 aliphatic heterocycles. The Morgan fingerprint density at radius 1 is 0.667 bits per heavy atom. The van der Waals surface area contributed by atoms with E-state index in [4.69, 9.17) is 41.9 Å². The van der Waals surface area contributed by atoms with Gasteiger partial charge in [0.15, 0.2) is 0 Å². The molecule has 0 bridgehead atoms. The van der Waals surface area contributed by atoms with E-state index in [-0.39, 0.29) is 21.5 Å². The van der Waals surface area contributed by atoms with E-state index in [0.717, 1.165) is 19.3 Å². The molecule has 0 radical (unpaired) electrons. The van der Waals surface area contributed by atoms with Crippen molar-refractivity contribution in [3.05, 3.63) is 12.3 Å². The normalized spacial score (nSPS) is 10.9. The molecule has 0 atom stereocenters. The van der Waals surface area contributed by atoms with Gasteiger partial charge in [0.25, 0.3) is 0 Å². The van der Waals surface area contributed by atoms with E-state index in [1.54, 1.807) is 0 Å². The van der Waals surface area contributed by atoms with Crippen LogP contribution in [-0.4, -0.2) is 72.5 Å². The van der Waals surface area contributed by atoms with Gasteiger partial charge >= 0.3 is 0 Å². The largest absolute Gasteiger partial charge is 0.401 e. The van der Waals surface area contributed by atoms with Gasteiger partial charge in [0.1, 0.15) is 0 Å². The number of hydrogen-bond acceptors (Lipinski definition) is 8. The van der Waals surface area contributed by atoms with Gasteiger partial charge < -0.3 is 41.9 Å². The van der Waals surface area contributed by atoms with Gasteiger partial charge in [-0.2, -0.15) is 0 Å². The molecule has 0 aliphatic rings. The highest BCUT2D eigenvalue weighted by molar-refractivity contribution is 4.87. The first kappa shape index (κ1) is 31.0. The quantitative estimate of drug-likeness (QED) is 0.236. The topological polar surface area (TPSA) is 141 Å². The summed E-state index contributed by atoms with van der Waals surface area (Å²) in [4.78, 5) is 0. The predicted octanol–water partition coefficient (Wildman–Crippen LogP) is 0.830. The molecule has 0 aromatic carbocycles. The molecule has 0 aromatic rings. The van der Waals surface area contributed by atoms with Gasteiger partial charge in [-0.25, -0.2) is 0 Å². The fourth-order valence-electron chi connectivity index (χ4n) is 2.07. The third-order valence-electron chi connectivity index (χ3n) is 3.40. The summed E-state index contributed by atoms with van der Waals surface area (Å²) in [6.07, 6.45) is 2.41. The Bertz CT molecular complexity index is 289. The van der Waals surface area contributed by atoms with Crippen molar-refractivity contribution in [1.29, 1.82) is 0 Å². The summed E-state index contributed by atoms with van der Waals surface area (Å²) < 4.78 is 23.1. The van der Waals surface area contributed by atoms with Crippen LogP contribution in [0.1, 0.15) is 34.1 Å². The Labute approximate surface area is 166 Å². The number of hydrogen-bond donors (Lipinski definition) is 4. The molecule has 0 unspecified atom stereocenters. The molecule has 0 amide bonds. The molecule has 0 heterocycles. The summed E-state index contributed by atoms with van der Waals surface area (Å²) in [5, 5.41) is 0. The lowest BCUT2D eigenvalue weighted by molar-refractivity contribution is -0.104. The van der Waals surface area contributed by atoms with Crippen molar-refractivity contribution < 1.29 is 18.9 Å². The highest BCUT2D eigenvalue weighted by atomic mass is 16.5. The zero-order valence-electron chi connectivity index (χ0n) is 15.5. The fraction of sp³-hybridized carbons (Fsp3) is 0.895. The smallest absolute Gasteiger partial charge is 0.0854 e. The Morgan fingerprint density at radius 2 is 1.00 bits per heavy atom. The van der Waals surface area contributed by atoms with Gasteiger partial charge in [0.2, 0.25) is 0 Å². The maximum absolute atomic E-state index is 5.79. The van der Waals surface area contributed by atoms with Crippen LogP contribution in [0.25, 0.3) is 0 Å². The van der Waals surface area contributed by atoms with Gasteiger partial charge in [-0.3, -0.25) is 0 Å².